The van der Waals surface area contributed by atoms with Gasteiger partial charge >= 0.3 is 12.1 Å². The zero-order valence-corrected chi connectivity index (χ0v) is 21.5. The molecule has 10 nitrogen and oxygen atoms in total. The highest BCUT2D eigenvalue weighted by atomic mass is 32.1. The first kappa shape index (κ1) is 23.8. The summed E-state index contributed by atoms with van der Waals surface area (Å²) in [5.41, 5.74) is 0.959. The number of nitrogens with one attached hydrogen (secondary N) is 2. The topological polar surface area (TPSA) is 117 Å². The molecule has 3 heterocycles. The third kappa shape index (κ3) is 3.75. The van der Waals surface area contributed by atoms with Crippen molar-refractivity contribution in [3.8, 4) is 5.06 Å². The molecule has 1 spiro atoms. The minimum atomic E-state index is -1.44. The first-order valence-electron chi connectivity index (χ1n) is 12.4. The van der Waals surface area contributed by atoms with Gasteiger partial charge in [0.05, 0.1) is 12.1 Å². The Kier molecular flexibility index (Phi) is 5.45. The fourth-order valence-electron chi connectivity index (χ4n) is 5.77. The minimum absolute atomic E-state index is 0.288. The number of carbonyl (C=O) groups is 4. The van der Waals surface area contributed by atoms with Gasteiger partial charge in [-0.05, 0) is 61.2 Å². The van der Waals surface area contributed by atoms with Gasteiger partial charge in [-0.3, -0.25) is 9.59 Å². The lowest BCUT2D eigenvalue weighted by Crippen LogP contribution is -2.56. The van der Waals surface area contributed by atoms with E-state index < -0.39 is 23.1 Å². The van der Waals surface area contributed by atoms with Gasteiger partial charge in [-0.2, -0.15) is 0 Å². The Morgan fingerprint density at radius 3 is 2.76 bits per heavy atom. The number of amides is 5. The van der Waals surface area contributed by atoms with Gasteiger partial charge in [0, 0.05) is 30.3 Å². The number of ether oxygens (including phenoxy) is 2. The molecule has 0 radical (unpaired) electrons. The summed E-state index contributed by atoms with van der Waals surface area (Å²) in [5, 5.41) is 7.95. The fraction of sp³-hybridized carbons (Fsp3) is 0.462. The molecular formula is C26H28N4O6S. The van der Waals surface area contributed by atoms with Crippen molar-refractivity contribution in [2.45, 2.75) is 50.3 Å². The highest BCUT2D eigenvalue weighted by molar-refractivity contribution is 7.12. The van der Waals surface area contributed by atoms with Crippen LogP contribution in [0.25, 0.3) is 0 Å². The van der Waals surface area contributed by atoms with Crippen LogP contribution in [0.4, 0.5) is 15.3 Å². The molecule has 2 aromatic rings. The Bertz CT molecular complexity index is 1320. The van der Waals surface area contributed by atoms with Gasteiger partial charge in [0.2, 0.25) is 11.5 Å². The largest absolute Gasteiger partial charge is 0.481 e. The maximum Gasteiger partial charge on any atom is 0.418 e. The molecule has 5 amide bonds. The normalized spacial score (nSPS) is 26.3. The molecule has 2 aliphatic carbocycles. The lowest BCUT2D eigenvalue weighted by atomic mass is 9.93. The van der Waals surface area contributed by atoms with E-state index in [1.54, 1.807) is 23.1 Å². The number of anilines is 1. The van der Waals surface area contributed by atoms with Gasteiger partial charge < -0.3 is 25.0 Å². The summed E-state index contributed by atoms with van der Waals surface area (Å²) in [6, 6.07) is 6.76. The van der Waals surface area contributed by atoms with E-state index in [9.17, 15) is 19.2 Å². The highest BCUT2D eigenvalue weighted by Gasteiger charge is 2.59. The number of carbonyl (C=O) groups excluding carboxylic acids is 4. The monoisotopic (exact) mass is 524 g/mol. The third-order valence-corrected chi connectivity index (χ3v) is 8.91. The van der Waals surface area contributed by atoms with Crippen LogP contribution in [0, 0.1) is 5.92 Å². The summed E-state index contributed by atoms with van der Waals surface area (Å²) in [6.07, 6.45) is 2.01. The Labute approximate surface area is 217 Å². The number of nitrogens with zero attached hydrogens (tertiary/aromatic N) is 2. The molecule has 4 aliphatic rings. The Morgan fingerprint density at radius 2 is 2.00 bits per heavy atom. The predicted octanol–water partition coefficient (Wildman–Crippen LogP) is 3.21. The summed E-state index contributed by atoms with van der Waals surface area (Å²) < 4.78 is 11.8. The molecule has 1 saturated carbocycles. The smallest absolute Gasteiger partial charge is 0.418 e. The van der Waals surface area contributed by atoms with Gasteiger partial charge in [-0.25, -0.2) is 14.5 Å². The zero-order valence-electron chi connectivity index (χ0n) is 20.7. The van der Waals surface area contributed by atoms with Gasteiger partial charge in [0.25, 0.3) is 5.91 Å². The van der Waals surface area contributed by atoms with Gasteiger partial charge in [-0.15, -0.1) is 11.3 Å². The van der Waals surface area contributed by atoms with Crippen molar-refractivity contribution in [2.24, 2.45) is 5.92 Å². The standard InChI is InChI=1S/C26H28N4O6S/c1-25(17-3-4-17)14-35-21-16(8-10-37-21)12-30(25)20(31)13-29-22(32)26(36-24(29)34)9-7-15-11-18(5-6-19(15)26)28-23(33)27-2/h5-6,8,10-11,17H,3-4,7,9,12-14H2,1-2H3,(H2,27,28,33)/t25-,26-/m1/s1. The highest BCUT2D eigenvalue weighted by Crippen LogP contribution is 2.48. The van der Waals surface area contributed by atoms with Crippen LogP contribution >= 0.6 is 11.3 Å². The Hall–Kier alpha value is -3.60. The first-order chi connectivity index (χ1) is 17.7. The molecule has 1 aromatic heterocycles. The van der Waals surface area contributed by atoms with Gasteiger partial charge in [0.15, 0.2) is 5.06 Å². The van der Waals surface area contributed by atoms with Crippen LogP contribution in [0.2, 0.25) is 0 Å². The fourth-order valence-corrected chi connectivity index (χ4v) is 6.53. The van der Waals surface area contributed by atoms with Crippen molar-refractivity contribution in [1.82, 2.24) is 15.1 Å². The molecule has 37 heavy (non-hydrogen) atoms. The molecule has 1 saturated heterocycles. The SMILES string of the molecule is CNC(=O)Nc1ccc2c(c1)CC[C@@]21OC(=O)N(CC(=O)N2Cc3ccsc3OC[C@]2(C)C2CC2)C1=O. The summed E-state index contributed by atoms with van der Waals surface area (Å²) in [6.45, 7) is 2.39. The van der Waals surface area contributed by atoms with Crippen LogP contribution in [-0.4, -0.2) is 59.5 Å². The lowest BCUT2D eigenvalue weighted by Gasteiger charge is -2.40. The van der Waals surface area contributed by atoms with Crippen molar-refractivity contribution < 1.29 is 28.7 Å². The predicted molar refractivity (Wildman–Crippen MR) is 134 cm³/mol. The summed E-state index contributed by atoms with van der Waals surface area (Å²) in [5.74, 6) is -0.507. The van der Waals surface area contributed by atoms with Crippen LogP contribution < -0.4 is 15.4 Å². The summed E-state index contributed by atoms with van der Waals surface area (Å²) >= 11 is 1.50. The van der Waals surface area contributed by atoms with Crippen molar-refractivity contribution in [3.63, 3.8) is 0 Å². The van der Waals surface area contributed by atoms with E-state index in [0.717, 1.165) is 33.9 Å². The zero-order chi connectivity index (χ0) is 25.9. The Morgan fingerprint density at radius 1 is 1.19 bits per heavy atom. The molecule has 11 heteroatoms. The molecule has 0 bridgehead atoms. The molecule has 2 atom stereocenters. The average Bonchev–Trinajstić information content (AvgIpc) is 3.53. The number of thiophene rings is 1. The van der Waals surface area contributed by atoms with E-state index >= 15 is 0 Å². The van der Waals surface area contributed by atoms with Crippen LogP contribution in [0.15, 0.2) is 29.6 Å². The lowest BCUT2D eigenvalue weighted by molar-refractivity contribution is -0.146. The van der Waals surface area contributed by atoms with E-state index in [4.69, 9.17) is 9.47 Å². The number of hydrogen-bond donors (Lipinski definition) is 2. The third-order valence-electron chi connectivity index (χ3n) is 8.04. The van der Waals surface area contributed by atoms with E-state index in [1.807, 2.05) is 18.4 Å². The van der Waals surface area contributed by atoms with Crippen LogP contribution in [0.1, 0.15) is 42.9 Å². The molecule has 1 aromatic carbocycles. The number of aryl methyl sites for hydroxylation is 1. The second-order valence-electron chi connectivity index (χ2n) is 10.3. The number of urea groups is 1. The molecule has 194 valence electrons. The number of fused-ring (bicyclic) bond motifs is 3. The second-order valence-corrected chi connectivity index (χ2v) is 11.2. The molecule has 2 N–H and O–H groups in total. The first-order valence-corrected chi connectivity index (χ1v) is 13.3. The number of rotatable bonds is 4. The number of imide groups is 1. The molecule has 2 fully saturated rings. The Balaban J connectivity index is 1.24. The average molecular weight is 525 g/mol. The summed E-state index contributed by atoms with van der Waals surface area (Å²) in [7, 11) is 1.52. The van der Waals surface area contributed by atoms with E-state index in [2.05, 4.69) is 10.6 Å². The van der Waals surface area contributed by atoms with Crippen LogP contribution in [-0.2, 0) is 32.9 Å². The molecule has 2 aliphatic heterocycles. The van der Waals surface area contributed by atoms with Gasteiger partial charge in [0.1, 0.15) is 13.2 Å². The maximum atomic E-state index is 13.7. The van der Waals surface area contributed by atoms with E-state index in [1.165, 1.54) is 18.4 Å². The van der Waals surface area contributed by atoms with Crippen molar-refractivity contribution in [1.29, 1.82) is 0 Å². The van der Waals surface area contributed by atoms with Gasteiger partial charge in [-0.1, -0.05) is 6.07 Å². The molecular weight excluding hydrogens is 496 g/mol. The van der Waals surface area contributed by atoms with Crippen molar-refractivity contribution in [2.75, 3.05) is 25.5 Å². The molecule has 6 rings (SSSR count). The van der Waals surface area contributed by atoms with Crippen LogP contribution in [0.3, 0.4) is 0 Å². The van der Waals surface area contributed by atoms with Crippen LogP contribution in [0.5, 0.6) is 5.06 Å². The van der Waals surface area contributed by atoms with E-state index in [0.29, 0.717) is 36.7 Å². The van der Waals surface area contributed by atoms with E-state index in [-0.39, 0.29) is 24.9 Å². The second kappa shape index (κ2) is 8.47. The van der Waals surface area contributed by atoms with Crippen molar-refractivity contribution >= 4 is 41.0 Å². The number of benzene rings is 1. The van der Waals surface area contributed by atoms with Crippen molar-refractivity contribution in [3.05, 3.63) is 46.3 Å². The minimum Gasteiger partial charge on any atom is -0.481 e. The number of hydrogen-bond acceptors (Lipinski definition) is 7. The molecule has 0 unspecified atom stereocenters. The quantitative estimate of drug-likeness (QED) is 0.634. The maximum absolute atomic E-state index is 13.7. The summed E-state index contributed by atoms with van der Waals surface area (Å²) in [4.78, 5) is 54.8.